The molecule has 4 rings (SSSR count). The molecule has 0 aliphatic heterocycles. The Kier molecular flexibility index (Phi) is 6.32. The van der Waals surface area contributed by atoms with Gasteiger partial charge >= 0.3 is 0 Å². The fourth-order valence-electron chi connectivity index (χ4n) is 3.28. The first-order valence-electron chi connectivity index (χ1n) is 9.71. The second-order valence-corrected chi connectivity index (χ2v) is 7.34. The molecule has 1 N–H and O–H groups in total. The molecule has 0 radical (unpaired) electrons. The average molecular weight is 450 g/mol. The standard InChI is InChI=1S/C23H20ClN5O3/c1-31-20-6-7-22(32-2)21(12-20)16-9-17(11-19(10-16)29-14-26-27-28-29)23(30)25-13-15-4-3-5-18(24)8-15/h3-12,14H,13H2,1-2H3,(H,25,30). The topological polar surface area (TPSA) is 91.2 Å². The summed E-state index contributed by atoms with van der Waals surface area (Å²) >= 11 is 6.04. The quantitative estimate of drug-likeness (QED) is 0.459. The largest absolute Gasteiger partial charge is 0.497 e. The number of nitrogens with one attached hydrogen (secondary N) is 1. The van der Waals surface area contributed by atoms with E-state index in [1.54, 1.807) is 32.4 Å². The van der Waals surface area contributed by atoms with Gasteiger partial charge in [-0.2, -0.15) is 0 Å². The Balaban J connectivity index is 1.73. The Labute approximate surface area is 189 Å². The van der Waals surface area contributed by atoms with Gasteiger partial charge in [-0.25, -0.2) is 4.68 Å². The molecule has 1 amide bonds. The molecule has 0 spiro atoms. The predicted molar refractivity (Wildman–Crippen MR) is 120 cm³/mol. The number of carbonyl (C=O) groups is 1. The lowest BCUT2D eigenvalue weighted by Gasteiger charge is -2.14. The number of tetrazole rings is 1. The Hall–Kier alpha value is -3.91. The summed E-state index contributed by atoms with van der Waals surface area (Å²) in [5, 5.41) is 14.9. The SMILES string of the molecule is COc1ccc(OC)c(-c2cc(C(=O)NCc3cccc(Cl)c3)cc(-n3cnnn3)c2)c1. The maximum atomic E-state index is 13.0. The summed E-state index contributed by atoms with van der Waals surface area (Å²) in [5.41, 5.74) is 3.50. The average Bonchev–Trinajstić information content (AvgIpc) is 3.37. The molecule has 1 heterocycles. The number of amides is 1. The van der Waals surface area contributed by atoms with Crippen molar-refractivity contribution in [3.05, 3.63) is 83.1 Å². The van der Waals surface area contributed by atoms with Gasteiger partial charge in [0.1, 0.15) is 17.8 Å². The van der Waals surface area contributed by atoms with Crippen LogP contribution in [0.25, 0.3) is 16.8 Å². The van der Waals surface area contributed by atoms with Crippen LogP contribution in [0.1, 0.15) is 15.9 Å². The lowest BCUT2D eigenvalue weighted by atomic mass is 10.00. The van der Waals surface area contributed by atoms with Crippen molar-refractivity contribution in [2.45, 2.75) is 6.54 Å². The van der Waals surface area contributed by atoms with Crippen molar-refractivity contribution in [1.29, 1.82) is 0 Å². The van der Waals surface area contributed by atoms with Gasteiger partial charge in [0.05, 0.1) is 19.9 Å². The van der Waals surface area contributed by atoms with Crippen LogP contribution in [0.3, 0.4) is 0 Å². The highest BCUT2D eigenvalue weighted by Crippen LogP contribution is 2.35. The van der Waals surface area contributed by atoms with Gasteiger partial charge in [-0.1, -0.05) is 23.7 Å². The van der Waals surface area contributed by atoms with Crippen LogP contribution in [0.4, 0.5) is 0 Å². The highest BCUT2D eigenvalue weighted by atomic mass is 35.5. The molecule has 0 aliphatic rings. The van der Waals surface area contributed by atoms with Crippen molar-refractivity contribution in [3.8, 4) is 28.3 Å². The van der Waals surface area contributed by atoms with Crippen LogP contribution in [0.2, 0.25) is 5.02 Å². The van der Waals surface area contributed by atoms with Gasteiger partial charge in [0.25, 0.3) is 5.91 Å². The number of halogens is 1. The second-order valence-electron chi connectivity index (χ2n) is 6.90. The number of hydrogen-bond acceptors (Lipinski definition) is 6. The molecule has 0 fully saturated rings. The zero-order valence-corrected chi connectivity index (χ0v) is 18.2. The smallest absolute Gasteiger partial charge is 0.251 e. The summed E-state index contributed by atoms with van der Waals surface area (Å²) in [6, 6.07) is 18.2. The van der Waals surface area contributed by atoms with Crippen LogP contribution in [-0.4, -0.2) is 40.3 Å². The summed E-state index contributed by atoms with van der Waals surface area (Å²) in [5.74, 6) is 1.06. The van der Waals surface area contributed by atoms with Crippen LogP contribution in [-0.2, 0) is 6.54 Å². The minimum absolute atomic E-state index is 0.247. The van der Waals surface area contributed by atoms with E-state index in [1.165, 1.54) is 11.0 Å². The summed E-state index contributed by atoms with van der Waals surface area (Å²) < 4.78 is 12.4. The third-order valence-corrected chi connectivity index (χ3v) is 5.09. The van der Waals surface area contributed by atoms with Crippen LogP contribution in [0.5, 0.6) is 11.5 Å². The number of rotatable bonds is 7. The summed E-state index contributed by atoms with van der Waals surface area (Å²) in [7, 11) is 3.19. The lowest BCUT2D eigenvalue weighted by molar-refractivity contribution is 0.0951. The molecular weight excluding hydrogens is 430 g/mol. The van der Waals surface area contributed by atoms with Crippen LogP contribution in [0, 0.1) is 0 Å². The first-order valence-corrected chi connectivity index (χ1v) is 10.1. The predicted octanol–water partition coefficient (Wildman–Crippen LogP) is 3.93. The second kappa shape index (κ2) is 9.49. The van der Waals surface area contributed by atoms with Crippen molar-refractivity contribution in [2.75, 3.05) is 14.2 Å². The number of methoxy groups -OCH3 is 2. The molecule has 1 aromatic heterocycles. The Morgan fingerprint density at radius 2 is 1.94 bits per heavy atom. The Bertz CT molecular complexity index is 1240. The zero-order valence-electron chi connectivity index (χ0n) is 17.4. The third-order valence-electron chi connectivity index (χ3n) is 4.85. The molecule has 0 atom stereocenters. The van der Waals surface area contributed by atoms with Crippen LogP contribution >= 0.6 is 11.6 Å². The van der Waals surface area contributed by atoms with Crippen molar-refractivity contribution in [2.24, 2.45) is 0 Å². The van der Waals surface area contributed by atoms with E-state index < -0.39 is 0 Å². The highest BCUT2D eigenvalue weighted by molar-refractivity contribution is 6.30. The van der Waals surface area contributed by atoms with Gasteiger partial charge < -0.3 is 14.8 Å². The monoisotopic (exact) mass is 449 g/mol. The molecule has 0 saturated heterocycles. The van der Waals surface area contributed by atoms with E-state index >= 15 is 0 Å². The number of benzene rings is 3. The molecule has 162 valence electrons. The molecule has 32 heavy (non-hydrogen) atoms. The van der Waals surface area contributed by atoms with Crippen molar-refractivity contribution in [1.82, 2.24) is 25.5 Å². The minimum atomic E-state index is -0.247. The van der Waals surface area contributed by atoms with E-state index in [2.05, 4.69) is 20.8 Å². The highest BCUT2D eigenvalue weighted by Gasteiger charge is 2.15. The van der Waals surface area contributed by atoms with Gasteiger partial charge in [-0.05, 0) is 70.1 Å². The van der Waals surface area contributed by atoms with Gasteiger partial charge in [0, 0.05) is 22.7 Å². The zero-order chi connectivity index (χ0) is 22.5. The first-order chi connectivity index (χ1) is 15.6. The Morgan fingerprint density at radius 3 is 2.66 bits per heavy atom. The third kappa shape index (κ3) is 4.70. The lowest BCUT2D eigenvalue weighted by Crippen LogP contribution is -2.23. The van der Waals surface area contributed by atoms with Crippen molar-refractivity contribution < 1.29 is 14.3 Å². The summed E-state index contributed by atoms with van der Waals surface area (Å²) in [6.07, 6.45) is 1.47. The van der Waals surface area contributed by atoms with Crippen LogP contribution < -0.4 is 14.8 Å². The normalized spacial score (nSPS) is 10.6. The summed E-state index contributed by atoms with van der Waals surface area (Å²) in [6.45, 7) is 0.340. The molecule has 9 heteroatoms. The maximum absolute atomic E-state index is 13.0. The molecule has 0 saturated carbocycles. The van der Waals surface area contributed by atoms with Gasteiger partial charge in [0.15, 0.2) is 0 Å². The fourth-order valence-corrected chi connectivity index (χ4v) is 3.49. The van der Waals surface area contributed by atoms with Crippen LogP contribution in [0.15, 0.2) is 67.0 Å². The van der Waals surface area contributed by atoms with Crippen molar-refractivity contribution >= 4 is 17.5 Å². The van der Waals surface area contributed by atoms with E-state index in [9.17, 15) is 4.79 Å². The number of ether oxygens (including phenoxy) is 2. The van der Waals surface area contributed by atoms with E-state index in [-0.39, 0.29) is 5.91 Å². The molecular formula is C23H20ClN5O3. The first kappa shape index (κ1) is 21.3. The number of nitrogens with zero attached hydrogens (tertiary/aromatic N) is 4. The fraction of sp³-hybridized carbons (Fsp3) is 0.130. The van der Waals surface area contributed by atoms with E-state index in [1.807, 2.05) is 42.5 Å². The molecule has 0 unspecified atom stereocenters. The van der Waals surface area contributed by atoms with Gasteiger partial charge in [0.2, 0.25) is 0 Å². The van der Waals surface area contributed by atoms with E-state index in [4.69, 9.17) is 21.1 Å². The summed E-state index contributed by atoms with van der Waals surface area (Å²) in [4.78, 5) is 13.0. The molecule has 0 aliphatic carbocycles. The molecule has 8 nitrogen and oxygen atoms in total. The Morgan fingerprint density at radius 1 is 1.06 bits per heavy atom. The van der Waals surface area contributed by atoms with Gasteiger partial charge in [-0.3, -0.25) is 4.79 Å². The molecule has 3 aromatic carbocycles. The minimum Gasteiger partial charge on any atom is -0.497 e. The van der Waals surface area contributed by atoms with E-state index in [0.717, 1.165) is 16.7 Å². The van der Waals surface area contributed by atoms with E-state index in [0.29, 0.717) is 34.3 Å². The number of aromatic nitrogens is 4. The molecule has 0 bridgehead atoms. The number of carbonyl (C=O) groups excluding carboxylic acids is 1. The molecule has 4 aromatic rings. The van der Waals surface area contributed by atoms with Gasteiger partial charge in [-0.15, -0.1) is 5.10 Å². The van der Waals surface area contributed by atoms with Crippen molar-refractivity contribution in [3.63, 3.8) is 0 Å². The maximum Gasteiger partial charge on any atom is 0.251 e. The number of hydrogen-bond donors (Lipinski definition) is 1.